The third-order valence-corrected chi connectivity index (χ3v) is 2.58. The molecule has 1 rings (SSSR count). The third-order valence-electron chi connectivity index (χ3n) is 2.58. The molecule has 2 N–H and O–H groups in total. The molecule has 1 aromatic rings. The van der Waals surface area contributed by atoms with Crippen LogP contribution in [0.15, 0.2) is 18.2 Å². The maximum Gasteiger partial charge on any atom is 0.337 e. The monoisotopic (exact) mass is 239 g/mol. The number of nitrogens with one attached hydrogen (secondary N) is 1. The van der Waals surface area contributed by atoms with E-state index in [0.29, 0.717) is 0 Å². The van der Waals surface area contributed by atoms with E-state index in [2.05, 4.69) is 5.32 Å². The van der Waals surface area contributed by atoms with Crippen LogP contribution in [0.4, 0.5) is 10.1 Å². The van der Waals surface area contributed by atoms with Crippen LogP contribution in [0.5, 0.6) is 0 Å². The minimum absolute atomic E-state index is 0.0332. The maximum absolute atomic E-state index is 13.7. The summed E-state index contributed by atoms with van der Waals surface area (Å²) in [5.74, 6) is -1.66. The minimum Gasteiger partial charge on any atom is -0.478 e. The normalized spacial score (nSPS) is 11.3. The molecule has 0 saturated carbocycles. The molecule has 94 valence electrons. The van der Waals surface area contributed by atoms with Gasteiger partial charge in [0.15, 0.2) is 0 Å². The Balaban J connectivity index is 3.08. The fourth-order valence-corrected chi connectivity index (χ4v) is 1.86. The molecule has 0 aliphatic carbocycles. The fourth-order valence-electron chi connectivity index (χ4n) is 1.86. The van der Waals surface area contributed by atoms with Crippen LogP contribution in [0, 0.1) is 5.82 Å². The average Bonchev–Trinajstić information content (AvgIpc) is 2.20. The summed E-state index contributed by atoms with van der Waals surface area (Å²) in [6, 6.07) is 4.06. The topological polar surface area (TPSA) is 49.3 Å². The zero-order valence-corrected chi connectivity index (χ0v) is 10.4. The quantitative estimate of drug-likeness (QED) is 0.826. The van der Waals surface area contributed by atoms with Crippen molar-refractivity contribution < 1.29 is 14.3 Å². The first kappa shape index (κ1) is 13.5. The summed E-state index contributed by atoms with van der Waals surface area (Å²) in [6.45, 7) is 5.88. The molecular weight excluding hydrogens is 221 g/mol. The van der Waals surface area contributed by atoms with Gasteiger partial charge in [0.1, 0.15) is 5.82 Å². The molecule has 0 unspecified atom stereocenters. The van der Waals surface area contributed by atoms with Crippen LogP contribution in [0.2, 0.25) is 0 Å². The molecule has 0 aliphatic rings. The van der Waals surface area contributed by atoms with Crippen molar-refractivity contribution in [1.29, 1.82) is 0 Å². The van der Waals surface area contributed by atoms with Crippen LogP contribution in [0.25, 0.3) is 0 Å². The summed E-state index contributed by atoms with van der Waals surface area (Å²) < 4.78 is 13.7. The Labute approximate surface area is 101 Å². The summed E-state index contributed by atoms with van der Waals surface area (Å²) in [5.41, 5.74) is -0.297. The van der Waals surface area contributed by atoms with E-state index in [-0.39, 0.29) is 16.8 Å². The van der Waals surface area contributed by atoms with E-state index in [4.69, 9.17) is 5.11 Å². The Kier molecular flexibility index (Phi) is 4.10. The Morgan fingerprint density at radius 3 is 2.65 bits per heavy atom. The van der Waals surface area contributed by atoms with Gasteiger partial charge >= 0.3 is 5.97 Å². The number of rotatable bonds is 5. The lowest BCUT2D eigenvalue weighted by Gasteiger charge is -2.28. The molecule has 0 saturated heterocycles. The van der Waals surface area contributed by atoms with Gasteiger partial charge in [0.2, 0.25) is 0 Å². The lowest BCUT2D eigenvalue weighted by molar-refractivity contribution is 0.0697. The second-order valence-corrected chi connectivity index (χ2v) is 4.73. The number of halogens is 1. The summed E-state index contributed by atoms with van der Waals surface area (Å²) in [4.78, 5) is 11.0. The van der Waals surface area contributed by atoms with Crippen molar-refractivity contribution >= 4 is 11.7 Å². The zero-order valence-electron chi connectivity index (χ0n) is 10.4. The molecular formula is C13H18FNO2. The number of anilines is 1. The number of carboxylic acid groups (broad SMARTS) is 1. The number of benzene rings is 1. The standard InChI is InChI=1S/C13H18FNO2/c1-4-8-13(2,3)15-11-9(12(16)17)6-5-7-10(11)14/h5-7,15H,4,8H2,1-3H3,(H,16,17). The fraction of sp³-hybridized carbons (Fsp3) is 0.462. The molecule has 0 spiro atoms. The van der Waals surface area contributed by atoms with Gasteiger partial charge in [-0.15, -0.1) is 0 Å². The van der Waals surface area contributed by atoms with Crippen LogP contribution in [0.3, 0.4) is 0 Å². The zero-order chi connectivity index (χ0) is 13.1. The molecule has 0 heterocycles. The van der Waals surface area contributed by atoms with Crippen LogP contribution in [-0.2, 0) is 0 Å². The molecule has 3 nitrogen and oxygen atoms in total. The van der Waals surface area contributed by atoms with E-state index in [0.717, 1.165) is 12.8 Å². The smallest absolute Gasteiger partial charge is 0.337 e. The number of carboxylic acids is 1. The molecule has 0 amide bonds. The SMILES string of the molecule is CCCC(C)(C)Nc1c(F)cccc1C(=O)O. The number of para-hydroxylation sites is 1. The summed E-state index contributed by atoms with van der Waals surface area (Å²) in [7, 11) is 0. The van der Waals surface area contributed by atoms with Crippen molar-refractivity contribution in [3.05, 3.63) is 29.6 Å². The first-order valence-electron chi connectivity index (χ1n) is 5.67. The van der Waals surface area contributed by atoms with E-state index >= 15 is 0 Å². The highest BCUT2D eigenvalue weighted by Gasteiger charge is 2.22. The number of hydrogen-bond donors (Lipinski definition) is 2. The Bertz CT molecular complexity index is 416. The lowest BCUT2D eigenvalue weighted by atomic mass is 9.97. The van der Waals surface area contributed by atoms with Crippen molar-refractivity contribution in [1.82, 2.24) is 0 Å². The molecule has 0 aliphatic heterocycles. The largest absolute Gasteiger partial charge is 0.478 e. The van der Waals surface area contributed by atoms with E-state index in [1.165, 1.54) is 18.2 Å². The van der Waals surface area contributed by atoms with E-state index in [1.807, 2.05) is 20.8 Å². The maximum atomic E-state index is 13.7. The van der Waals surface area contributed by atoms with Crippen molar-refractivity contribution in [2.75, 3.05) is 5.32 Å². The predicted molar refractivity (Wildman–Crippen MR) is 66.0 cm³/mol. The van der Waals surface area contributed by atoms with Crippen LogP contribution in [0.1, 0.15) is 44.0 Å². The molecule has 1 aromatic carbocycles. The Morgan fingerprint density at radius 2 is 2.12 bits per heavy atom. The number of hydrogen-bond acceptors (Lipinski definition) is 2. The summed E-state index contributed by atoms with van der Waals surface area (Å²) >= 11 is 0. The highest BCUT2D eigenvalue weighted by molar-refractivity contribution is 5.94. The molecule has 4 heteroatoms. The first-order valence-corrected chi connectivity index (χ1v) is 5.67. The Morgan fingerprint density at radius 1 is 1.47 bits per heavy atom. The number of carbonyl (C=O) groups is 1. The van der Waals surface area contributed by atoms with Gasteiger partial charge in [0, 0.05) is 5.54 Å². The molecule has 0 atom stereocenters. The highest BCUT2D eigenvalue weighted by atomic mass is 19.1. The van der Waals surface area contributed by atoms with E-state index in [1.54, 1.807) is 0 Å². The van der Waals surface area contributed by atoms with Gasteiger partial charge in [-0.1, -0.05) is 19.4 Å². The molecule has 0 bridgehead atoms. The van der Waals surface area contributed by atoms with Crippen LogP contribution in [-0.4, -0.2) is 16.6 Å². The average molecular weight is 239 g/mol. The van der Waals surface area contributed by atoms with Gasteiger partial charge in [-0.3, -0.25) is 0 Å². The third kappa shape index (κ3) is 3.44. The van der Waals surface area contributed by atoms with Gasteiger partial charge in [-0.2, -0.15) is 0 Å². The van der Waals surface area contributed by atoms with Gasteiger partial charge < -0.3 is 10.4 Å². The predicted octanol–water partition coefficient (Wildman–Crippen LogP) is 3.51. The lowest BCUT2D eigenvalue weighted by Crippen LogP contribution is -2.31. The van der Waals surface area contributed by atoms with Crippen molar-refractivity contribution in [2.45, 2.75) is 39.2 Å². The number of aromatic carboxylic acids is 1. The Hall–Kier alpha value is -1.58. The minimum atomic E-state index is -1.13. The highest BCUT2D eigenvalue weighted by Crippen LogP contribution is 2.25. The van der Waals surface area contributed by atoms with Crippen LogP contribution < -0.4 is 5.32 Å². The van der Waals surface area contributed by atoms with Crippen molar-refractivity contribution in [3.8, 4) is 0 Å². The van der Waals surface area contributed by atoms with Crippen molar-refractivity contribution in [3.63, 3.8) is 0 Å². The summed E-state index contributed by atoms with van der Waals surface area (Å²) in [5, 5.41) is 12.0. The van der Waals surface area contributed by atoms with Gasteiger partial charge in [0.25, 0.3) is 0 Å². The van der Waals surface area contributed by atoms with Gasteiger partial charge in [-0.25, -0.2) is 9.18 Å². The van der Waals surface area contributed by atoms with E-state index in [9.17, 15) is 9.18 Å². The second-order valence-electron chi connectivity index (χ2n) is 4.73. The molecule has 0 radical (unpaired) electrons. The first-order chi connectivity index (χ1) is 7.87. The van der Waals surface area contributed by atoms with Crippen molar-refractivity contribution in [2.24, 2.45) is 0 Å². The molecule has 17 heavy (non-hydrogen) atoms. The van der Waals surface area contributed by atoms with Crippen LogP contribution >= 0.6 is 0 Å². The van der Waals surface area contributed by atoms with E-state index < -0.39 is 11.8 Å². The summed E-state index contributed by atoms with van der Waals surface area (Å²) in [6.07, 6.45) is 1.78. The van der Waals surface area contributed by atoms with Gasteiger partial charge in [0.05, 0.1) is 11.3 Å². The second kappa shape index (κ2) is 5.17. The molecule has 0 fully saturated rings. The molecule has 0 aromatic heterocycles. The van der Waals surface area contributed by atoms with Gasteiger partial charge in [-0.05, 0) is 32.4 Å².